The number of aromatic nitrogens is 1. The molecule has 3 heterocycles. The molecular formula is C34H35N3O5. The third-order valence-electron chi connectivity index (χ3n) is 8.15. The lowest BCUT2D eigenvalue weighted by molar-refractivity contribution is -0.139. The van der Waals surface area contributed by atoms with E-state index in [1.165, 1.54) is 11.8 Å². The van der Waals surface area contributed by atoms with E-state index < -0.39 is 5.92 Å². The zero-order valence-corrected chi connectivity index (χ0v) is 24.6. The minimum atomic E-state index is -0.405. The fraction of sp³-hybridized carbons (Fsp3) is 0.294. The van der Waals surface area contributed by atoms with Gasteiger partial charge in [-0.3, -0.25) is 14.5 Å². The van der Waals surface area contributed by atoms with Gasteiger partial charge < -0.3 is 24.1 Å². The van der Waals surface area contributed by atoms with Crippen LogP contribution in [-0.2, 0) is 16.0 Å². The number of rotatable bonds is 8. The molecule has 8 heteroatoms. The van der Waals surface area contributed by atoms with E-state index in [-0.39, 0.29) is 24.4 Å². The van der Waals surface area contributed by atoms with Crippen molar-refractivity contribution in [3.8, 4) is 17.2 Å². The third kappa shape index (κ3) is 4.66. The predicted octanol–water partition coefficient (Wildman–Crippen LogP) is 6.06. The van der Waals surface area contributed by atoms with Crippen LogP contribution in [0.1, 0.15) is 49.4 Å². The average Bonchev–Trinajstić information content (AvgIpc) is 3.49. The van der Waals surface area contributed by atoms with E-state index in [2.05, 4.69) is 36.0 Å². The highest BCUT2D eigenvalue weighted by Crippen LogP contribution is 2.48. The lowest BCUT2D eigenvalue weighted by atomic mass is 9.84. The first-order valence-electron chi connectivity index (χ1n) is 14.2. The number of imide groups is 1. The lowest BCUT2D eigenvalue weighted by Crippen LogP contribution is -2.33. The topological polar surface area (TPSA) is 82.0 Å². The molecule has 4 aromatic rings. The average molecular weight is 566 g/mol. The van der Waals surface area contributed by atoms with Crippen LogP contribution < -0.4 is 19.5 Å². The molecule has 3 aromatic carbocycles. The lowest BCUT2D eigenvalue weighted by Gasteiger charge is -2.21. The molecule has 0 saturated carbocycles. The Morgan fingerprint density at radius 2 is 1.81 bits per heavy atom. The number of hydrogen-bond acceptors (Lipinski definition) is 6. The summed E-state index contributed by atoms with van der Waals surface area (Å²) in [4.78, 5) is 27.6. The molecule has 2 amide bonds. The second kappa shape index (κ2) is 10.9. The number of methoxy groups -OCH3 is 2. The molecule has 0 bridgehead atoms. The van der Waals surface area contributed by atoms with Gasteiger partial charge in [-0.25, -0.2) is 0 Å². The summed E-state index contributed by atoms with van der Waals surface area (Å²) in [6.45, 7) is 6.42. The van der Waals surface area contributed by atoms with E-state index in [1.54, 1.807) is 14.2 Å². The van der Waals surface area contributed by atoms with Crippen molar-refractivity contribution in [1.29, 1.82) is 0 Å². The molecule has 0 fully saturated rings. The first kappa shape index (κ1) is 27.4. The van der Waals surface area contributed by atoms with Gasteiger partial charge in [-0.15, -0.1) is 0 Å². The van der Waals surface area contributed by atoms with Crippen LogP contribution >= 0.6 is 0 Å². The Morgan fingerprint density at radius 3 is 2.50 bits per heavy atom. The summed E-state index contributed by atoms with van der Waals surface area (Å²) in [6, 6.07) is 20.2. The molecule has 0 aliphatic carbocycles. The van der Waals surface area contributed by atoms with Gasteiger partial charge in [0, 0.05) is 48.3 Å². The predicted molar refractivity (Wildman–Crippen MR) is 162 cm³/mol. The van der Waals surface area contributed by atoms with Crippen molar-refractivity contribution in [1.82, 2.24) is 9.47 Å². The van der Waals surface area contributed by atoms with Crippen LogP contribution in [0, 0.1) is 0 Å². The van der Waals surface area contributed by atoms with Crippen molar-refractivity contribution < 1.29 is 23.8 Å². The Morgan fingerprint density at radius 1 is 1.02 bits per heavy atom. The van der Waals surface area contributed by atoms with Crippen LogP contribution in [-0.4, -0.2) is 48.7 Å². The van der Waals surface area contributed by atoms with Gasteiger partial charge >= 0.3 is 0 Å². The molecule has 42 heavy (non-hydrogen) atoms. The van der Waals surface area contributed by atoms with E-state index >= 15 is 0 Å². The smallest absolute Gasteiger partial charge is 0.259 e. The van der Waals surface area contributed by atoms with E-state index in [0.717, 1.165) is 51.1 Å². The molecular weight excluding hydrogens is 530 g/mol. The molecule has 6 rings (SSSR count). The number of carbonyl (C=O) groups is 2. The summed E-state index contributed by atoms with van der Waals surface area (Å²) in [5.41, 5.74) is 6.41. The minimum Gasteiger partial charge on any atom is -0.497 e. The Balaban J connectivity index is 1.40. The maximum absolute atomic E-state index is 13.8. The molecule has 216 valence electrons. The monoisotopic (exact) mass is 565 g/mol. The van der Waals surface area contributed by atoms with Crippen molar-refractivity contribution >= 4 is 28.4 Å². The van der Waals surface area contributed by atoms with Crippen LogP contribution in [0.5, 0.6) is 17.2 Å². The van der Waals surface area contributed by atoms with Gasteiger partial charge in [0.15, 0.2) is 11.5 Å². The number of nitrogens with one attached hydrogen (secondary N) is 1. The zero-order chi connectivity index (χ0) is 29.5. The summed E-state index contributed by atoms with van der Waals surface area (Å²) in [5.74, 6) is 1.09. The van der Waals surface area contributed by atoms with Crippen molar-refractivity contribution in [2.45, 2.75) is 39.2 Å². The Kier molecular flexibility index (Phi) is 7.14. The van der Waals surface area contributed by atoms with Gasteiger partial charge in [-0.1, -0.05) is 24.3 Å². The van der Waals surface area contributed by atoms with Crippen LogP contribution in [0.15, 0.2) is 78.1 Å². The highest BCUT2D eigenvalue weighted by molar-refractivity contribution is 6.11. The number of ether oxygens (including phenoxy) is 3. The quantitative estimate of drug-likeness (QED) is 0.280. The second-order valence-electron chi connectivity index (χ2n) is 11.0. The number of hydrogen-bond donors (Lipinski definition) is 1. The first-order chi connectivity index (χ1) is 20.3. The Bertz CT molecular complexity index is 1720. The SMILES string of the molecule is COc1ccc(CCOc2ccc(C3C4=C(CN(C(C)=O)C4=O)Nc4cccc5c4c3cn5C(C)C)cc2OC)cc1. The van der Waals surface area contributed by atoms with Gasteiger partial charge in [0.05, 0.1) is 38.5 Å². The number of amides is 2. The van der Waals surface area contributed by atoms with Crippen LogP contribution in [0.25, 0.3) is 10.9 Å². The Labute approximate surface area is 245 Å². The third-order valence-corrected chi connectivity index (χ3v) is 8.15. The normalized spacial score (nSPS) is 16.0. The molecule has 1 N–H and O–H groups in total. The summed E-state index contributed by atoms with van der Waals surface area (Å²) < 4.78 is 19.4. The summed E-state index contributed by atoms with van der Waals surface area (Å²) in [7, 11) is 3.27. The first-order valence-corrected chi connectivity index (χ1v) is 14.2. The molecule has 1 unspecified atom stereocenters. The maximum atomic E-state index is 13.8. The molecule has 0 saturated heterocycles. The van der Waals surface area contributed by atoms with E-state index in [1.807, 2.05) is 54.6 Å². The maximum Gasteiger partial charge on any atom is 0.259 e. The number of anilines is 1. The summed E-state index contributed by atoms with van der Waals surface area (Å²) in [5, 5.41) is 4.61. The molecule has 2 aliphatic rings. The fourth-order valence-electron chi connectivity index (χ4n) is 6.06. The molecule has 8 nitrogen and oxygen atoms in total. The molecule has 0 spiro atoms. The van der Waals surface area contributed by atoms with Crippen molar-refractivity contribution in [2.75, 3.05) is 32.7 Å². The zero-order valence-electron chi connectivity index (χ0n) is 24.6. The standard InChI is InChI=1S/C34H35N3O5/c1-20(2)36-18-25-31(33-27(19-37(21(3)38)34(33)39)35-26-7-6-8-28(36)32(25)26)23-11-14-29(30(17-23)41-5)42-16-15-22-9-12-24(40-4)13-10-22/h6-14,17-18,20,31,35H,15-16,19H2,1-5H3. The van der Waals surface area contributed by atoms with Crippen molar-refractivity contribution in [3.63, 3.8) is 0 Å². The number of carbonyl (C=O) groups excluding carboxylic acids is 2. The van der Waals surface area contributed by atoms with Gasteiger partial charge in [0.1, 0.15) is 5.75 Å². The number of nitrogens with zero attached hydrogens (tertiary/aromatic N) is 2. The van der Waals surface area contributed by atoms with Crippen molar-refractivity contribution in [3.05, 3.63) is 94.8 Å². The summed E-state index contributed by atoms with van der Waals surface area (Å²) >= 11 is 0. The van der Waals surface area contributed by atoms with Crippen LogP contribution in [0.2, 0.25) is 0 Å². The fourth-order valence-corrected chi connectivity index (χ4v) is 6.06. The second-order valence-corrected chi connectivity index (χ2v) is 11.0. The largest absolute Gasteiger partial charge is 0.497 e. The van der Waals surface area contributed by atoms with E-state index in [4.69, 9.17) is 14.2 Å². The number of benzene rings is 3. The van der Waals surface area contributed by atoms with E-state index in [9.17, 15) is 9.59 Å². The summed E-state index contributed by atoms with van der Waals surface area (Å²) in [6.07, 6.45) is 2.88. The highest BCUT2D eigenvalue weighted by atomic mass is 16.5. The molecule has 0 radical (unpaired) electrons. The van der Waals surface area contributed by atoms with Gasteiger partial charge in [-0.2, -0.15) is 0 Å². The Hall–Kier alpha value is -4.72. The van der Waals surface area contributed by atoms with Gasteiger partial charge in [0.25, 0.3) is 5.91 Å². The molecule has 2 aliphatic heterocycles. The van der Waals surface area contributed by atoms with Crippen LogP contribution in [0.3, 0.4) is 0 Å². The molecule has 1 atom stereocenters. The minimum absolute atomic E-state index is 0.217. The van der Waals surface area contributed by atoms with Crippen LogP contribution in [0.4, 0.5) is 5.69 Å². The molecule has 1 aromatic heterocycles. The highest BCUT2D eigenvalue weighted by Gasteiger charge is 2.42. The van der Waals surface area contributed by atoms with Crippen molar-refractivity contribution in [2.24, 2.45) is 0 Å². The van der Waals surface area contributed by atoms with Gasteiger partial charge in [0.2, 0.25) is 5.91 Å². The van der Waals surface area contributed by atoms with E-state index in [0.29, 0.717) is 23.7 Å². The van der Waals surface area contributed by atoms with Gasteiger partial charge in [-0.05, 0) is 66.9 Å².